The number of methoxy groups -OCH3 is 1. The van der Waals surface area contributed by atoms with Gasteiger partial charge in [0.15, 0.2) is 6.10 Å². The molecule has 3 rings (SSSR count). The van der Waals surface area contributed by atoms with Gasteiger partial charge in [-0.2, -0.15) is 0 Å². The molecule has 0 unspecified atom stereocenters. The molecule has 7 heteroatoms. The fourth-order valence-corrected chi connectivity index (χ4v) is 2.84. The predicted octanol–water partition coefficient (Wildman–Crippen LogP) is 3.00. The van der Waals surface area contributed by atoms with E-state index in [9.17, 15) is 14.4 Å². The first kappa shape index (κ1) is 19.2. The van der Waals surface area contributed by atoms with Crippen molar-refractivity contribution in [2.24, 2.45) is 0 Å². The van der Waals surface area contributed by atoms with Gasteiger partial charge in [0.1, 0.15) is 6.54 Å². The summed E-state index contributed by atoms with van der Waals surface area (Å²) in [5.41, 5.74) is 1.68. The topological polar surface area (TPSA) is 86.6 Å². The van der Waals surface area contributed by atoms with Gasteiger partial charge in [0.05, 0.1) is 12.7 Å². The number of esters is 2. The lowest BCUT2D eigenvalue weighted by molar-refractivity contribution is -0.153. The normalized spacial score (nSPS) is 11.6. The molecule has 1 heterocycles. The van der Waals surface area contributed by atoms with E-state index in [1.54, 1.807) is 59.3 Å². The van der Waals surface area contributed by atoms with Crippen LogP contribution in [0, 0.1) is 0 Å². The molecular formula is C21H20N2O5. The predicted molar refractivity (Wildman–Crippen MR) is 104 cm³/mol. The van der Waals surface area contributed by atoms with E-state index >= 15 is 0 Å². The number of rotatable bonds is 6. The number of fused-ring (bicyclic) bond motifs is 1. The van der Waals surface area contributed by atoms with Gasteiger partial charge in [0.2, 0.25) is 0 Å². The molecule has 28 heavy (non-hydrogen) atoms. The van der Waals surface area contributed by atoms with Gasteiger partial charge >= 0.3 is 11.9 Å². The van der Waals surface area contributed by atoms with E-state index in [4.69, 9.17) is 9.47 Å². The molecule has 1 aromatic heterocycles. The SMILES string of the molecule is COC(=O)c1cn(CC(=O)O[C@@H](C)C(=O)Nc2ccccc2)c2ccccc12. The van der Waals surface area contributed by atoms with Crippen LogP contribution in [0.25, 0.3) is 10.9 Å². The summed E-state index contributed by atoms with van der Waals surface area (Å²) < 4.78 is 11.6. The highest BCUT2D eigenvalue weighted by atomic mass is 16.5. The molecule has 1 amide bonds. The molecule has 3 aromatic rings. The van der Waals surface area contributed by atoms with Gasteiger partial charge in [0, 0.05) is 22.8 Å². The summed E-state index contributed by atoms with van der Waals surface area (Å²) in [6.07, 6.45) is 0.585. The van der Waals surface area contributed by atoms with E-state index < -0.39 is 23.9 Å². The highest BCUT2D eigenvalue weighted by Crippen LogP contribution is 2.22. The van der Waals surface area contributed by atoms with Crippen molar-refractivity contribution in [2.45, 2.75) is 19.6 Å². The van der Waals surface area contributed by atoms with Crippen LogP contribution in [0.4, 0.5) is 5.69 Å². The molecule has 0 aliphatic heterocycles. The number of hydrogen-bond donors (Lipinski definition) is 1. The smallest absolute Gasteiger partial charge is 0.340 e. The quantitative estimate of drug-likeness (QED) is 0.665. The number of nitrogens with zero attached hydrogens (tertiary/aromatic N) is 1. The first-order chi connectivity index (χ1) is 13.5. The van der Waals surface area contributed by atoms with Crippen molar-refractivity contribution >= 4 is 34.4 Å². The number of amides is 1. The number of aromatic nitrogens is 1. The molecule has 0 radical (unpaired) electrons. The van der Waals surface area contributed by atoms with Gasteiger partial charge in [-0.25, -0.2) is 4.79 Å². The van der Waals surface area contributed by atoms with Crippen molar-refractivity contribution in [1.82, 2.24) is 4.57 Å². The fourth-order valence-electron chi connectivity index (χ4n) is 2.84. The average molecular weight is 380 g/mol. The Bertz CT molecular complexity index is 1010. The van der Waals surface area contributed by atoms with E-state index in [2.05, 4.69) is 5.32 Å². The minimum atomic E-state index is -0.963. The number of carbonyl (C=O) groups excluding carboxylic acids is 3. The summed E-state index contributed by atoms with van der Waals surface area (Å²) >= 11 is 0. The fraction of sp³-hybridized carbons (Fsp3) is 0.190. The van der Waals surface area contributed by atoms with Crippen LogP contribution in [0.2, 0.25) is 0 Å². The van der Waals surface area contributed by atoms with Gasteiger partial charge in [-0.05, 0) is 25.1 Å². The molecule has 2 aromatic carbocycles. The summed E-state index contributed by atoms with van der Waals surface area (Å²) in [6.45, 7) is 1.37. The molecule has 0 saturated heterocycles. The van der Waals surface area contributed by atoms with Gasteiger partial charge < -0.3 is 19.4 Å². The zero-order chi connectivity index (χ0) is 20.1. The Morgan fingerprint density at radius 2 is 1.71 bits per heavy atom. The summed E-state index contributed by atoms with van der Waals surface area (Å²) in [6, 6.07) is 16.1. The van der Waals surface area contributed by atoms with Crippen LogP contribution in [0.1, 0.15) is 17.3 Å². The van der Waals surface area contributed by atoms with Crippen LogP contribution in [-0.4, -0.2) is 35.6 Å². The number of hydrogen-bond acceptors (Lipinski definition) is 5. The third-order valence-corrected chi connectivity index (χ3v) is 4.21. The number of anilines is 1. The summed E-state index contributed by atoms with van der Waals surface area (Å²) in [7, 11) is 1.30. The highest BCUT2D eigenvalue weighted by molar-refractivity contribution is 6.04. The summed E-state index contributed by atoms with van der Waals surface area (Å²) in [5.74, 6) is -1.50. The largest absolute Gasteiger partial charge is 0.465 e. The first-order valence-corrected chi connectivity index (χ1v) is 8.71. The number of ether oxygens (including phenoxy) is 2. The number of carbonyl (C=O) groups is 3. The molecule has 0 aliphatic rings. The second-order valence-corrected chi connectivity index (χ2v) is 6.17. The Balaban J connectivity index is 1.69. The van der Waals surface area contributed by atoms with Gasteiger partial charge in [-0.15, -0.1) is 0 Å². The maximum absolute atomic E-state index is 12.3. The van der Waals surface area contributed by atoms with Crippen LogP contribution in [0.15, 0.2) is 60.8 Å². The molecule has 1 N–H and O–H groups in total. The van der Waals surface area contributed by atoms with E-state index in [-0.39, 0.29) is 6.54 Å². The Labute approximate surface area is 161 Å². The maximum Gasteiger partial charge on any atom is 0.340 e. The Morgan fingerprint density at radius 3 is 2.43 bits per heavy atom. The highest BCUT2D eigenvalue weighted by Gasteiger charge is 2.20. The van der Waals surface area contributed by atoms with E-state index in [1.165, 1.54) is 14.0 Å². The van der Waals surface area contributed by atoms with E-state index in [0.717, 1.165) is 0 Å². The lowest BCUT2D eigenvalue weighted by Gasteiger charge is -2.14. The van der Waals surface area contributed by atoms with Gasteiger partial charge in [-0.1, -0.05) is 36.4 Å². The molecule has 0 spiro atoms. The molecule has 0 bridgehead atoms. The van der Waals surface area contributed by atoms with Crippen molar-refractivity contribution in [3.63, 3.8) is 0 Å². The van der Waals surface area contributed by atoms with Crippen molar-refractivity contribution < 1.29 is 23.9 Å². The van der Waals surface area contributed by atoms with Crippen molar-refractivity contribution in [3.05, 3.63) is 66.4 Å². The van der Waals surface area contributed by atoms with E-state index in [0.29, 0.717) is 22.2 Å². The lowest BCUT2D eigenvalue weighted by Crippen LogP contribution is -2.31. The average Bonchev–Trinajstić information content (AvgIpc) is 3.06. The van der Waals surface area contributed by atoms with Crippen molar-refractivity contribution in [2.75, 3.05) is 12.4 Å². The number of benzene rings is 2. The molecule has 7 nitrogen and oxygen atoms in total. The molecule has 0 saturated carbocycles. The molecule has 0 fully saturated rings. The number of nitrogens with one attached hydrogen (secondary N) is 1. The molecular weight excluding hydrogens is 360 g/mol. The standard InChI is InChI=1S/C21H20N2O5/c1-14(20(25)22-15-8-4-3-5-9-15)28-19(24)13-23-12-17(21(26)27-2)16-10-6-7-11-18(16)23/h3-12,14H,13H2,1-2H3,(H,22,25)/t14-/m0/s1. The zero-order valence-electron chi connectivity index (χ0n) is 15.5. The van der Waals surface area contributed by atoms with Crippen molar-refractivity contribution in [3.8, 4) is 0 Å². The van der Waals surface area contributed by atoms with Crippen LogP contribution in [-0.2, 0) is 25.6 Å². The second-order valence-electron chi connectivity index (χ2n) is 6.17. The maximum atomic E-state index is 12.3. The van der Waals surface area contributed by atoms with Crippen LogP contribution >= 0.6 is 0 Å². The second kappa shape index (κ2) is 8.39. The zero-order valence-corrected chi connectivity index (χ0v) is 15.5. The van der Waals surface area contributed by atoms with Crippen LogP contribution in [0.5, 0.6) is 0 Å². The Morgan fingerprint density at radius 1 is 1.04 bits per heavy atom. The monoisotopic (exact) mass is 380 g/mol. The lowest BCUT2D eigenvalue weighted by atomic mass is 10.2. The van der Waals surface area contributed by atoms with Gasteiger partial charge in [-0.3, -0.25) is 9.59 Å². The third-order valence-electron chi connectivity index (χ3n) is 4.21. The van der Waals surface area contributed by atoms with Crippen LogP contribution < -0.4 is 5.32 Å². The Hall–Kier alpha value is -3.61. The summed E-state index contributed by atoms with van der Waals surface area (Å²) in [4.78, 5) is 36.5. The first-order valence-electron chi connectivity index (χ1n) is 8.71. The molecule has 144 valence electrons. The molecule has 0 aliphatic carbocycles. The minimum absolute atomic E-state index is 0.138. The van der Waals surface area contributed by atoms with E-state index in [1.807, 2.05) is 6.07 Å². The summed E-state index contributed by atoms with van der Waals surface area (Å²) in [5, 5.41) is 3.36. The van der Waals surface area contributed by atoms with Gasteiger partial charge in [0.25, 0.3) is 5.91 Å². The Kier molecular flexibility index (Phi) is 5.74. The number of para-hydroxylation sites is 2. The molecule has 1 atom stereocenters. The third kappa shape index (κ3) is 4.20. The minimum Gasteiger partial charge on any atom is -0.465 e. The van der Waals surface area contributed by atoms with Crippen molar-refractivity contribution in [1.29, 1.82) is 0 Å². The van der Waals surface area contributed by atoms with Crippen LogP contribution in [0.3, 0.4) is 0 Å².